The fourth-order valence-electron chi connectivity index (χ4n) is 1.30. The third-order valence-electron chi connectivity index (χ3n) is 2.02. The third kappa shape index (κ3) is 2.54. The number of rotatable bonds is 4. The molecule has 18 heavy (non-hydrogen) atoms. The number of carbonyl (C=O) groups is 1. The van der Waals surface area contributed by atoms with Gasteiger partial charge in [0.1, 0.15) is 5.69 Å². The van der Waals surface area contributed by atoms with Crippen molar-refractivity contribution >= 4 is 17.5 Å². The molecule has 0 aliphatic carbocycles. The Labute approximate surface area is 103 Å². The van der Waals surface area contributed by atoms with Crippen LogP contribution in [0.2, 0.25) is 0 Å². The van der Waals surface area contributed by atoms with Gasteiger partial charge < -0.3 is 15.8 Å². The summed E-state index contributed by atoms with van der Waals surface area (Å²) in [5.74, 6) is -0.0795. The van der Waals surface area contributed by atoms with E-state index in [0.29, 0.717) is 18.2 Å². The number of nitrogen functional groups attached to an aromatic ring is 1. The number of aromatic nitrogens is 4. The van der Waals surface area contributed by atoms with Crippen LogP contribution in [-0.4, -0.2) is 32.7 Å². The number of hydrogen-bond donors (Lipinski definition) is 3. The third-order valence-corrected chi connectivity index (χ3v) is 2.02. The number of pyridine rings is 1. The van der Waals surface area contributed by atoms with E-state index < -0.39 is 5.91 Å². The maximum absolute atomic E-state index is 11.8. The van der Waals surface area contributed by atoms with Crippen LogP contribution in [0.25, 0.3) is 0 Å². The zero-order valence-corrected chi connectivity index (χ0v) is 9.67. The molecule has 0 aliphatic heterocycles. The summed E-state index contributed by atoms with van der Waals surface area (Å²) >= 11 is 0. The molecular weight excluding hydrogens is 236 g/mol. The molecule has 0 saturated carbocycles. The number of aromatic amines is 1. The molecule has 8 nitrogen and oxygen atoms in total. The molecule has 0 fully saturated rings. The largest absolute Gasteiger partial charge is 0.476 e. The van der Waals surface area contributed by atoms with Crippen molar-refractivity contribution in [3.8, 4) is 5.88 Å². The Balaban J connectivity index is 2.16. The number of hydrogen-bond acceptors (Lipinski definition) is 6. The van der Waals surface area contributed by atoms with Crippen molar-refractivity contribution in [3.63, 3.8) is 0 Å². The predicted octanol–water partition coefficient (Wildman–Crippen LogP) is 0.433. The molecule has 4 N–H and O–H groups in total. The zero-order valence-electron chi connectivity index (χ0n) is 9.67. The quantitative estimate of drug-likeness (QED) is 0.722. The number of nitrogens with one attached hydrogen (secondary N) is 2. The van der Waals surface area contributed by atoms with Gasteiger partial charge in [-0.25, -0.2) is 4.98 Å². The minimum Gasteiger partial charge on any atom is -0.476 e. The number of ether oxygens (including phenoxy) is 1. The monoisotopic (exact) mass is 248 g/mol. The molecule has 0 atom stereocenters. The van der Waals surface area contributed by atoms with Gasteiger partial charge in [-0.2, -0.15) is 4.98 Å². The van der Waals surface area contributed by atoms with E-state index in [1.54, 1.807) is 18.3 Å². The van der Waals surface area contributed by atoms with Gasteiger partial charge in [-0.15, -0.1) is 5.10 Å². The van der Waals surface area contributed by atoms with Gasteiger partial charge in [-0.3, -0.25) is 9.89 Å². The smallest absolute Gasteiger partial charge is 0.293 e. The standard InChI is InChI=1S/C10H12N6O2/c1-2-18-9-6(4-3-5-12-9)13-8(17)7-14-10(11)16-15-7/h3-5H,2H2,1H3,(H,13,17)(H3,11,14,15,16). The van der Waals surface area contributed by atoms with E-state index in [1.807, 2.05) is 6.92 Å². The second-order valence-corrected chi connectivity index (χ2v) is 3.29. The lowest BCUT2D eigenvalue weighted by atomic mass is 10.4. The molecule has 0 bridgehead atoms. The van der Waals surface area contributed by atoms with Gasteiger partial charge in [0.2, 0.25) is 17.7 Å². The van der Waals surface area contributed by atoms with E-state index in [2.05, 4.69) is 25.5 Å². The lowest BCUT2D eigenvalue weighted by Crippen LogP contribution is -2.15. The van der Waals surface area contributed by atoms with Gasteiger partial charge in [0.25, 0.3) is 5.91 Å². The second-order valence-electron chi connectivity index (χ2n) is 3.29. The van der Waals surface area contributed by atoms with E-state index in [-0.39, 0.29) is 11.8 Å². The van der Waals surface area contributed by atoms with Gasteiger partial charge in [-0.05, 0) is 19.1 Å². The number of amides is 1. The van der Waals surface area contributed by atoms with Crippen LogP contribution >= 0.6 is 0 Å². The van der Waals surface area contributed by atoms with E-state index in [0.717, 1.165) is 0 Å². The molecular formula is C10H12N6O2. The molecule has 0 unspecified atom stereocenters. The summed E-state index contributed by atoms with van der Waals surface area (Å²) in [5, 5.41) is 8.60. The summed E-state index contributed by atoms with van der Waals surface area (Å²) < 4.78 is 5.28. The molecule has 0 radical (unpaired) electrons. The Morgan fingerprint density at radius 3 is 3.11 bits per heavy atom. The highest BCUT2D eigenvalue weighted by Crippen LogP contribution is 2.20. The zero-order chi connectivity index (χ0) is 13.0. The first-order valence-corrected chi connectivity index (χ1v) is 5.27. The summed E-state index contributed by atoms with van der Waals surface area (Å²) in [7, 11) is 0. The van der Waals surface area contributed by atoms with Gasteiger partial charge >= 0.3 is 0 Å². The van der Waals surface area contributed by atoms with E-state index in [9.17, 15) is 4.79 Å². The maximum atomic E-state index is 11.8. The minimum absolute atomic E-state index is 0.0105. The highest BCUT2D eigenvalue weighted by atomic mass is 16.5. The van der Waals surface area contributed by atoms with Crippen molar-refractivity contribution < 1.29 is 9.53 Å². The Hall–Kier alpha value is -2.64. The highest BCUT2D eigenvalue weighted by Gasteiger charge is 2.13. The highest BCUT2D eigenvalue weighted by molar-refractivity contribution is 6.02. The first-order valence-electron chi connectivity index (χ1n) is 5.27. The summed E-state index contributed by atoms with van der Waals surface area (Å²) in [6.45, 7) is 2.28. The lowest BCUT2D eigenvalue weighted by molar-refractivity contribution is 0.101. The van der Waals surface area contributed by atoms with Crippen LogP contribution in [0.15, 0.2) is 18.3 Å². The first-order chi connectivity index (χ1) is 8.70. The Kier molecular flexibility index (Phi) is 3.37. The van der Waals surface area contributed by atoms with Crippen LogP contribution in [0.4, 0.5) is 11.6 Å². The first kappa shape index (κ1) is 11.8. The van der Waals surface area contributed by atoms with Crippen molar-refractivity contribution in [3.05, 3.63) is 24.2 Å². The van der Waals surface area contributed by atoms with Gasteiger partial charge in [0, 0.05) is 6.20 Å². The molecule has 94 valence electrons. The number of H-pyrrole nitrogens is 1. The van der Waals surface area contributed by atoms with E-state index in [1.165, 1.54) is 0 Å². The predicted molar refractivity (Wildman–Crippen MR) is 64.2 cm³/mol. The summed E-state index contributed by atoms with van der Waals surface area (Å²) in [4.78, 5) is 19.5. The Morgan fingerprint density at radius 1 is 1.61 bits per heavy atom. The fourth-order valence-corrected chi connectivity index (χ4v) is 1.30. The van der Waals surface area contributed by atoms with Crippen LogP contribution in [-0.2, 0) is 0 Å². The number of nitrogens with two attached hydrogens (primary N) is 1. The topological polar surface area (TPSA) is 119 Å². The second kappa shape index (κ2) is 5.13. The fraction of sp³-hybridized carbons (Fsp3) is 0.200. The van der Waals surface area contributed by atoms with Crippen molar-refractivity contribution in [1.29, 1.82) is 0 Å². The lowest BCUT2D eigenvalue weighted by Gasteiger charge is -2.08. The molecule has 0 spiro atoms. The molecule has 0 aromatic carbocycles. The molecule has 8 heteroatoms. The Morgan fingerprint density at radius 2 is 2.44 bits per heavy atom. The molecule has 2 rings (SSSR count). The van der Waals surface area contributed by atoms with Crippen LogP contribution in [0.3, 0.4) is 0 Å². The van der Waals surface area contributed by atoms with Crippen LogP contribution in [0.1, 0.15) is 17.5 Å². The number of anilines is 2. The molecule has 0 saturated heterocycles. The summed E-state index contributed by atoms with van der Waals surface area (Å²) in [5.41, 5.74) is 5.77. The molecule has 2 aromatic heterocycles. The SMILES string of the molecule is CCOc1ncccc1NC(=O)c1nc(N)n[nH]1. The molecule has 0 aliphatic rings. The molecule has 1 amide bonds. The summed E-state index contributed by atoms with van der Waals surface area (Å²) in [6, 6.07) is 3.36. The van der Waals surface area contributed by atoms with Gasteiger partial charge in [0.15, 0.2) is 0 Å². The van der Waals surface area contributed by atoms with Crippen LogP contribution < -0.4 is 15.8 Å². The van der Waals surface area contributed by atoms with Crippen LogP contribution in [0, 0.1) is 0 Å². The minimum atomic E-state index is -0.465. The van der Waals surface area contributed by atoms with Crippen LogP contribution in [0.5, 0.6) is 5.88 Å². The van der Waals surface area contributed by atoms with E-state index in [4.69, 9.17) is 10.5 Å². The molecule has 2 heterocycles. The number of nitrogens with zero attached hydrogens (tertiary/aromatic N) is 3. The van der Waals surface area contributed by atoms with Crippen molar-refractivity contribution in [2.24, 2.45) is 0 Å². The van der Waals surface area contributed by atoms with Crippen molar-refractivity contribution in [2.45, 2.75) is 6.92 Å². The normalized spacial score (nSPS) is 10.1. The number of carbonyl (C=O) groups excluding carboxylic acids is 1. The maximum Gasteiger partial charge on any atom is 0.293 e. The van der Waals surface area contributed by atoms with Crippen molar-refractivity contribution in [1.82, 2.24) is 20.2 Å². The summed E-state index contributed by atoms with van der Waals surface area (Å²) in [6.07, 6.45) is 1.58. The van der Waals surface area contributed by atoms with Crippen molar-refractivity contribution in [2.75, 3.05) is 17.7 Å². The van der Waals surface area contributed by atoms with Gasteiger partial charge in [0.05, 0.1) is 6.61 Å². The molecule has 2 aromatic rings. The van der Waals surface area contributed by atoms with Gasteiger partial charge in [-0.1, -0.05) is 0 Å². The van der Waals surface area contributed by atoms with E-state index >= 15 is 0 Å². The average molecular weight is 248 g/mol. The Bertz CT molecular complexity index is 553. The average Bonchev–Trinajstić information content (AvgIpc) is 2.79.